The summed E-state index contributed by atoms with van der Waals surface area (Å²) in [6.07, 6.45) is 11.7. The van der Waals surface area contributed by atoms with Gasteiger partial charge in [-0.15, -0.1) is 0 Å². The van der Waals surface area contributed by atoms with E-state index in [0.717, 1.165) is 32.1 Å². The molecule has 0 radical (unpaired) electrons. The number of ether oxygens (including phenoxy) is 1. The highest BCUT2D eigenvalue weighted by atomic mass is 16.5. The zero-order valence-corrected chi connectivity index (χ0v) is 14.4. The molecule has 1 aliphatic carbocycles. The van der Waals surface area contributed by atoms with Gasteiger partial charge in [-0.2, -0.15) is 0 Å². The predicted octanol–water partition coefficient (Wildman–Crippen LogP) is 3.91. The molecule has 126 valence electrons. The molecule has 0 aliphatic heterocycles. The molecule has 21 heavy (non-hydrogen) atoms. The van der Waals surface area contributed by atoms with Crippen LogP contribution in [0.1, 0.15) is 78.1 Å². The van der Waals surface area contributed by atoms with Gasteiger partial charge in [0.05, 0.1) is 5.60 Å². The number of unbranched alkanes of at least 4 members (excludes halogenated alkanes) is 2. The zero-order valence-electron chi connectivity index (χ0n) is 14.4. The summed E-state index contributed by atoms with van der Waals surface area (Å²) in [5.74, 6) is 0.458. The maximum atomic E-state index is 9.48. The third kappa shape index (κ3) is 7.62. The second kappa shape index (κ2) is 9.12. The van der Waals surface area contributed by atoms with E-state index in [1.165, 1.54) is 32.1 Å². The van der Waals surface area contributed by atoms with E-state index in [9.17, 15) is 10.2 Å². The molecule has 2 N–H and O–H groups in total. The molecule has 1 saturated carbocycles. The molecule has 0 aromatic heterocycles. The molecule has 0 spiro atoms. The summed E-state index contributed by atoms with van der Waals surface area (Å²) in [7, 11) is 1.83. The van der Waals surface area contributed by atoms with Gasteiger partial charge in [-0.05, 0) is 49.9 Å². The van der Waals surface area contributed by atoms with Gasteiger partial charge in [0.2, 0.25) is 0 Å². The summed E-state index contributed by atoms with van der Waals surface area (Å²) in [5, 5.41) is 18.7. The van der Waals surface area contributed by atoms with Crippen LogP contribution >= 0.6 is 0 Å². The summed E-state index contributed by atoms with van der Waals surface area (Å²) in [6.45, 7) is 4.80. The van der Waals surface area contributed by atoms with Crippen LogP contribution in [0, 0.1) is 11.3 Å². The molecule has 1 unspecified atom stereocenters. The van der Waals surface area contributed by atoms with Crippen molar-refractivity contribution in [1.29, 1.82) is 0 Å². The molecule has 1 aliphatic rings. The molecule has 1 fully saturated rings. The lowest BCUT2D eigenvalue weighted by Gasteiger charge is -2.22. The Balaban J connectivity index is 2.03. The summed E-state index contributed by atoms with van der Waals surface area (Å²) in [6, 6.07) is 0. The summed E-state index contributed by atoms with van der Waals surface area (Å²) >= 11 is 0. The minimum absolute atomic E-state index is 0.0491. The van der Waals surface area contributed by atoms with Crippen molar-refractivity contribution in [3.63, 3.8) is 0 Å². The fourth-order valence-electron chi connectivity index (χ4n) is 3.02. The molecule has 1 atom stereocenters. The molecule has 0 amide bonds. The van der Waals surface area contributed by atoms with E-state index in [0.29, 0.717) is 12.5 Å². The van der Waals surface area contributed by atoms with Gasteiger partial charge in [0.1, 0.15) is 0 Å². The number of hydrogen-bond donors (Lipinski definition) is 2. The lowest BCUT2D eigenvalue weighted by atomic mass is 9.86. The van der Waals surface area contributed by atoms with Crippen LogP contribution in [0.25, 0.3) is 0 Å². The van der Waals surface area contributed by atoms with Crippen molar-refractivity contribution in [2.75, 3.05) is 20.3 Å². The molecule has 0 bridgehead atoms. The number of rotatable bonds is 13. The Morgan fingerprint density at radius 3 is 2.14 bits per heavy atom. The van der Waals surface area contributed by atoms with Crippen molar-refractivity contribution >= 4 is 0 Å². The van der Waals surface area contributed by atoms with Gasteiger partial charge >= 0.3 is 0 Å². The van der Waals surface area contributed by atoms with E-state index in [-0.39, 0.29) is 17.6 Å². The smallest absolute Gasteiger partial charge is 0.0681 e. The van der Waals surface area contributed by atoms with Crippen LogP contribution in [0.2, 0.25) is 0 Å². The lowest BCUT2D eigenvalue weighted by molar-refractivity contribution is 0.0697. The van der Waals surface area contributed by atoms with Gasteiger partial charge in [0, 0.05) is 20.3 Å². The SMILES string of the molecule is COC1(CCCCC(CO)CCCCC(C)(C)CO)CC1. The van der Waals surface area contributed by atoms with Crippen LogP contribution in [0.15, 0.2) is 0 Å². The highest BCUT2D eigenvalue weighted by Gasteiger charge is 2.41. The van der Waals surface area contributed by atoms with Gasteiger partial charge in [-0.1, -0.05) is 39.5 Å². The monoisotopic (exact) mass is 300 g/mol. The minimum atomic E-state index is 0.0491. The maximum absolute atomic E-state index is 9.48. The van der Waals surface area contributed by atoms with Crippen molar-refractivity contribution in [2.24, 2.45) is 11.3 Å². The number of aliphatic hydroxyl groups excluding tert-OH is 2. The van der Waals surface area contributed by atoms with Gasteiger partial charge in [0.25, 0.3) is 0 Å². The van der Waals surface area contributed by atoms with Crippen molar-refractivity contribution in [3.8, 4) is 0 Å². The van der Waals surface area contributed by atoms with Gasteiger partial charge in [-0.3, -0.25) is 0 Å². The van der Waals surface area contributed by atoms with Crippen LogP contribution in [0.3, 0.4) is 0 Å². The Morgan fingerprint density at radius 2 is 1.67 bits per heavy atom. The Morgan fingerprint density at radius 1 is 1.05 bits per heavy atom. The van der Waals surface area contributed by atoms with E-state index in [2.05, 4.69) is 13.8 Å². The highest BCUT2D eigenvalue weighted by molar-refractivity contribution is 4.94. The van der Waals surface area contributed by atoms with Crippen molar-refractivity contribution < 1.29 is 14.9 Å². The van der Waals surface area contributed by atoms with Crippen LogP contribution < -0.4 is 0 Å². The van der Waals surface area contributed by atoms with Gasteiger partial charge in [0.15, 0.2) is 0 Å². The first-order chi connectivity index (χ1) is 9.97. The molecular formula is C18H36O3. The largest absolute Gasteiger partial charge is 0.396 e. The standard InChI is InChI=1S/C18H36O3/c1-17(2,15-20)10-6-4-8-16(14-19)9-5-7-11-18(21-3)12-13-18/h16,19-20H,4-15H2,1-3H3. The Bertz CT molecular complexity index is 258. The topological polar surface area (TPSA) is 49.7 Å². The number of methoxy groups -OCH3 is 1. The molecular weight excluding hydrogens is 264 g/mol. The van der Waals surface area contributed by atoms with Gasteiger partial charge in [-0.25, -0.2) is 0 Å². The van der Waals surface area contributed by atoms with Crippen LogP contribution in [0.4, 0.5) is 0 Å². The van der Waals surface area contributed by atoms with Crippen molar-refractivity contribution in [3.05, 3.63) is 0 Å². The lowest BCUT2D eigenvalue weighted by Crippen LogP contribution is -2.16. The Hall–Kier alpha value is -0.120. The molecule has 0 aromatic carbocycles. The van der Waals surface area contributed by atoms with Crippen LogP contribution in [-0.4, -0.2) is 36.1 Å². The van der Waals surface area contributed by atoms with E-state index in [1.54, 1.807) is 0 Å². The average molecular weight is 300 g/mol. The first-order valence-corrected chi connectivity index (χ1v) is 8.74. The average Bonchev–Trinajstić information content (AvgIpc) is 3.26. The van der Waals surface area contributed by atoms with E-state index < -0.39 is 0 Å². The van der Waals surface area contributed by atoms with Gasteiger partial charge < -0.3 is 14.9 Å². The van der Waals surface area contributed by atoms with Crippen molar-refractivity contribution in [1.82, 2.24) is 0 Å². The summed E-state index contributed by atoms with van der Waals surface area (Å²) in [5.41, 5.74) is 0.276. The molecule has 0 heterocycles. The summed E-state index contributed by atoms with van der Waals surface area (Å²) < 4.78 is 5.53. The fraction of sp³-hybridized carbons (Fsp3) is 1.00. The summed E-state index contributed by atoms with van der Waals surface area (Å²) in [4.78, 5) is 0. The third-order valence-corrected chi connectivity index (χ3v) is 5.14. The molecule has 0 saturated heterocycles. The molecule has 0 aromatic rings. The third-order valence-electron chi connectivity index (χ3n) is 5.14. The van der Waals surface area contributed by atoms with Crippen molar-refractivity contribution in [2.45, 2.75) is 83.7 Å². The number of hydrogen-bond acceptors (Lipinski definition) is 3. The molecule has 1 rings (SSSR count). The quantitative estimate of drug-likeness (QED) is 0.507. The van der Waals surface area contributed by atoms with E-state index in [4.69, 9.17) is 4.74 Å². The number of aliphatic hydroxyl groups is 2. The normalized spacial score (nSPS) is 18.7. The predicted molar refractivity (Wildman–Crippen MR) is 87.4 cm³/mol. The fourth-order valence-corrected chi connectivity index (χ4v) is 3.02. The van der Waals surface area contributed by atoms with E-state index in [1.807, 2.05) is 7.11 Å². The minimum Gasteiger partial charge on any atom is -0.396 e. The zero-order chi connectivity index (χ0) is 15.8. The Labute approximate surface area is 131 Å². The van der Waals surface area contributed by atoms with Crippen LogP contribution in [-0.2, 0) is 4.74 Å². The highest BCUT2D eigenvalue weighted by Crippen LogP contribution is 2.43. The maximum Gasteiger partial charge on any atom is 0.0681 e. The first kappa shape index (κ1) is 18.9. The second-order valence-corrected chi connectivity index (χ2v) is 7.75. The first-order valence-electron chi connectivity index (χ1n) is 8.74. The second-order valence-electron chi connectivity index (χ2n) is 7.75. The van der Waals surface area contributed by atoms with Crippen LogP contribution in [0.5, 0.6) is 0 Å². The molecule has 3 nitrogen and oxygen atoms in total. The van der Waals surface area contributed by atoms with E-state index >= 15 is 0 Å². The Kier molecular flexibility index (Phi) is 8.22. The molecule has 3 heteroatoms.